The van der Waals surface area contributed by atoms with Crippen LogP contribution in [0.15, 0.2) is 48.5 Å². The second-order valence-electron chi connectivity index (χ2n) is 5.67. The van der Waals surface area contributed by atoms with Gasteiger partial charge in [0.2, 0.25) is 10.0 Å². The van der Waals surface area contributed by atoms with Gasteiger partial charge in [-0.15, -0.1) is 0 Å². The fraction of sp³-hybridized carbons (Fsp3) is 0.235. The van der Waals surface area contributed by atoms with E-state index < -0.39 is 16.1 Å². The van der Waals surface area contributed by atoms with Crippen molar-refractivity contribution in [3.05, 3.63) is 54.1 Å². The second-order valence-corrected chi connectivity index (χ2v) is 7.58. The maximum atomic E-state index is 12.5. The van der Waals surface area contributed by atoms with Gasteiger partial charge >= 0.3 is 0 Å². The van der Waals surface area contributed by atoms with E-state index in [0.29, 0.717) is 17.1 Å². The lowest BCUT2D eigenvalue weighted by Crippen LogP contribution is -2.48. The van der Waals surface area contributed by atoms with E-state index >= 15 is 0 Å². The first kappa shape index (κ1) is 16.3. The third-order valence-corrected chi connectivity index (χ3v) is 4.98. The molecule has 1 atom stereocenters. The Labute approximate surface area is 141 Å². The largest absolute Gasteiger partial charge is 0.476 e. The van der Waals surface area contributed by atoms with Gasteiger partial charge in [-0.2, -0.15) is 0 Å². The van der Waals surface area contributed by atoms with Crippen molar-refractivity contribution in [2.75, 3.05) is 22.4 Å². The standard InChI is InChI=1S/C17H18N2O4S/c1-12-7-3-4-8-13(12)18-17(20)16-11-19(24(2,21)22)14-9-5-6-10-15(14)23-16/h3-10,16H,11H2,1-2H3,(H,18,20). The number of carbonyl (C=O) groups is 1. The zero-order valence-corrected chi connectivity index (χ0v) is 14.2. The molecule has 3 rings (SSSR count). The molecule has 0 aromatic heterocycles. The summed E-state index contributed by atoms with van der Waals surface area (Å²) in [5.74, 6) is -0.00781. The van der Waals surface area contributed by atoms with Crippen LogP contribution in [-0.2, 0) is 14.8 Å². The highest BCUT2D eigenvalue weighted by Crippen LogP contribution is 2.34. The molecule has 24 heavy (non-hydrogen) atoms. The average molecular weight is 346 g/mol. The lowest BCUT2D eigenvalue weighted by atomic mass is 10.2. The van der Waals surface area contributed by atoms with Gasteiger partial charge in [0.15, 0.2) is 6.10 Å². The number of amides is 1. The summed E-state index contributed by atoms with van der Waals surface area (Å²) < 4.78 is 31.1. The van der Waals surface area contributed by atoms with Crippen LogP contribution >= 0.6 is 0 Å². The Morgan fingerprint density at radius 3 is 2.54 bits per heavy atom. The van der Waals surface area contributed by atoms with Crippen LogP contribution in [0, 0.1) is 6.92 Å². The number of benzene rings is 2. The molecule has 0 bridgehead atoms. The van der Waals surface area contributed by atoms with E-state index in [1.54, 1.807) is 30.3 Å². The molecule has 1 heterocycles. The number of hydrogen-bond donors (Lipinski definition) is 1. The van der Waals surface area contributed by atoms with Gasteiger partial charge in [-0.25, -0.2) is 8.42 Å². The minimum atomic E-state index is -3.51. The van der Waals surface area contributed by atoms with E-state index in [1.807, 2.05) is 25.1 Å². The molecule has 2 aromatic carbocycles. The summed E-state index contributed by atoms with van der Waals surface area (Å²) in [5.41, 5.74) is 2.04. The summed E-state index contributed by atoms with van der Waals surface area (Å²) in [6.45, 7) is 1.82. The molecular formula is C17H18N2O4S. The number of fused-ring (bicyclic) bond motifs is 1. The number of carbonyl (C=O) groups excluding carboxylic acids is 1. The van der Waals surface area contributed by atoms with E-state index in [2.05, 4.69) is 5.32 Å². The number of aryl methyl sites for hydroxylation is 1. The number of sulfonamides is 1. The number of nitrogens with zero attached hydrogens (tertiary/aromatic N) is 1. The zero-order valence-electron chi connectivity index (χ0n) is 13.4. The van der Waals surface area contributed by atoms with Crippen molar-refractivity contribution in [1.82, 2.24) is 0 Å². The van der Waals surface area contributed by atoms with Crippen molar-refractivity contribution < 1.29 is 17.9 Å². The molecule has 0 saturated heterocycles. The highest BCUT2D eigenvalue weighted by Gasteiger charge is 2.34. The monoisotopic (exact) mass is 346 g/mol. The molecule has 1 unspecified atom stereocenters. The Morgan fingerprint density at radius 2 is 1.83 bits per heavy atom. The van der Waals surface area contributed by atoms with Crippen molar-refractivity contribution in [3.63, 3.8) is 0 Å². The second kappa shape index (κ2) is 6.16. The molecule has 0 aliphatic carbocycles. The Balaban J connectivity index is 1.88. The number of ether oxygens (including phenoxy) is 1. The molecule has 126 valence electrons. The normalized spacial score (nSPS) is 16.9. The summed E-state index contributed by atoms with van der Waals surface area (Å²) in [5, 5.41) is 2.80. The summed E-state index contributed by atoms with van der Waals surface area (Å²) in [7, 11) is -3.51. The van der Waals surface area contributed by atoms with E-state index in [4.69, 9.17) is 4.74 Å². The minimum Gasteiger partial charge on any atom is -0.476 e. The molecule has 1 amide bonds. The minimum absolute atomic E-state index is 0.0619. The molecule has 0 spiro atoms. The SMILES string of the molecule is Cc1ccccc1NC(=O)C1CN(S(C)(=O)=O)c2ccccc2O1. The Hall–Kier alpha value is -2.54. The zero-order chi connectivity index (χ0) is 17.3. The Kier molecular flexibility index (Phi) is 4.19. The smallest absolute Gasteiger partial charge is 0.267 e. The number of anilines is 2. The topological polar surface area (TPSA) is 75.7 Å². The van der Waals surface area contributed by atoms with Crippen LogP contribution in [-0.4, -0.2) is 33.2 Å². The summed E-state index contributed by atoms with van der Waals surface area (Å²) in [6, 6.07) is 14.2. The predicted molar refractivity (Wildman–Crippen MR) is 92.9 cm³/mol. The van der Waals surface area contributed by atoms with Crippen LogP contribution in [0.25, 0.3) is 0 Å². The first-order valence-corrected chi connectivity index (χ1v) is 9.31. The molecule has 0 fully saturated rings. The fourth-order valence-corrected chi connectivity index (χ4v) is 3.49. The molecule has 2 aromatic rings. The van der Waals surface area contributed by atoms with Crippen molar-refractivity contribution >= 4 is 27.3 Å². The Morgan fingerprint density at radius 1 is 1.17 bits per heavy atom. The molecule has 0 radical (unpaired) electrons. The first-order valence-electron chi connectivity index (χ1n) is 7.46. The van der Waals surface area contributed by atoms with Crippen molar-refractivity contribution in [2.24, 2.45) is 0 Å². The molecule has 0 saturated carbocycles. The third-order valence-electron chi connectivity index (χ3n) is 3.83. The van der Waals surface area contributed by atoms with E-state index in [9.17, 15) is 13.2 Å². The molecular weight excluding hydrogens is 328 g/mol. The van der Waals surface area contributed by atoms with Gasteiger partial charge in [0, 0.05) is 5.69 Å². The van der Waals surface area contributed by atoms with E-state index in [-0.39, 0.29) is 12.5 Å². The van der Waals surface area contributed by atoms with Gasteiger partial charge in [0.05, 0.1) is 18.5 Å². The molecule has 1 aliphatic heterocycles. The number of para-hydroxylation sites is 3. The van der Waals surface area contributed by atoms with Crippen LogP contribution in [0.1, 0.15) is 5.56 Å². The number of nitrogens with one attached hydrogen (secondary N) is 1. The summed E-state index contributed by atoms with van der Waals surface area (Å²) in [4.78, 5) is 12.5. The van der Waals surface area contributed by atoms with Crippen LogP contribution in [0.3, 0.4) is 0 Å². The molecule has 1 aliphatic rings. The van der Waals surface area contributed by atoms with Gasteiger partial charge in [-0.1, -0.05) is 30.3 Å². The molecule has 6 nitrogen and oxygen atoms in total. The van der Waals surface area contributed by atoms with Crippen LogP contribution in [0.4, 0.5) is 11.4 Å². The van der Waals surface area contributed by atoms with Gasteiger partial charge < -0.3 is 10.1 Å². The summed E-state index contributed by atoms with van der Waals surface area (Å²) >= 11 is 0. The number of rotatable bonds is 3. The average Bonchev–Trinajstić information content (AvgIpc) is 2.55. The van der Waals surface area contributed by atoms with Crippen LogP contribution in [0.2, 0.25) is 0 Å². The highest BCUT2D eigenvalue weighted by atomic mass is 32.2. The van der Waals surface area contributed by atoms with Gasteiger partial charge in [0.1, 0.15) is 5.75 Å². The van der Waals surface area contributed by atoms with Crippen LogP contribution in [0.5, 0.6) is 5.75 Å². The van der Waals surface area contributed by atoms with Crippen molar-refractivity contribution in [1.29, 1.82) is 0 Å². The lowest BCUT2D eigenvalue weighted by molar-refractivity contribution is -0.122. The van der Waals surface area contributed by atoms with E-state index in [0.717, 1.165) is 11.8 Å². The maximum Gasteiger partial charge on any atom is 0.267 e. The fourth-order valence-electron chi connectivity index (χ4n) is 2.58. The third kappa shape index (κ3) is 3.21. The predicted octanol–water partition coefficient (Wildman–Crippen LogP) is 2.16. The summed E-state index contributed by atoms with van der Waals surface area (Å²) in [6.07, 6.45) is 0.194. The van der Waals surface area contributed by atoms with Crippen molar-refractivity contribution in [3.8, 4) is 5.75 Å². The first-order chi connectivity index (χ1) is 11.4. The van der Waals surface area contributed by atoms with Gasteiger partial charge in [-0.05, 0) is 30.7 Å². The van der Waals surface area contributed by atoms with E-state index in [1.165, 1.54) is 4.31 Å². The quantitative estimate of drug-likeness (QED) is 0.924. The van der Waals surface area contributed by atoms with Crippen LogP contribution < -0.4 is 14.4 Å². The van der Waals surface area contributed by atoms with Gasteiger partial charge in [-0.3, -0.25) is 9.10 Å². The van der Waals surface area contributed by atoms with Gasteiger partial charge in [0.25, 0.3) is 5.91 Å². The molecule has 1 N–H and O–H groups in total. The maximum absolute atomic E-state index is 12.5. The lowest BCUT2D eigenvalue weighted by Gasteiger charge is -2.33. The Bertz CT molecular complexity index is 880. The number of hydrogen-bond acceptors (Lipinski definition) is 4. The highest BCUT2D eigenvalue weighted by molar-refractivity contribution is 7.92. The molecule has 7 heteroatoms. The van der Waals surface area contributed by atoms with Crippen molar-refractivity contribution in [2.45, 2.75) is 13.0 Å².